The van der Waals surface area contributed by atoms with E-state index < -0.39 is 0 Å². The van der Waals surface area contributed by atoms with Gasteiger partial charge in [-0.1, -0.05) is 29.8 Å². The van der Waals surface area contributed by atoms with E-state index in [2.05, 4.69) is 66.3 Å². The molecular weight excluding hydrogens is 286 g/mol. The number of hydrogen-bond donors (Lipinski definition) is 0. The second kappa shape index (κ2) is 6.71. The van der Waals surface area contributed by atoms with Crippen LogP contribution in [0.5, 0.6) is 0 Å². The maximum Gasteiger partial charge on any atom is 0.116 e. The van der Waals surface area contributed by atoms with Gasteiger partial charge in [0.15, 0.2) is 0 Å². The summed E-state index contributed by atoms with van der Waals surface area (Å²) in [6, 6.07) is 10.4. The molecule has 5 heteroatoms. The molecule has 0 aliphatic carbocycles. The third-order valence-corrected chi connectivity index (χ3v) is 3.72. The number of rotatable bonds is 5. The monoisotopic (exact) mass is 307 g/mol. The van der Waals surface area contributed by atoms with Crippen LogP contribution < -0.4 is 0 Å². The molecule has 5 nitrogen and oxygen atoms in total. The minimum absolute atomic E-state index is 0.844. The van der Waals surface area contributed by atoms with E-state index in [1.807, 2.05) is 10.7 Å². The highest BCUT2D eigenvalue weighted by Gasteiger charge is 2.14. The third-order valence-electron chi connectivity index (χ3n) is 3.72. The molecule has 0 amide bonds. The lowest BCUT2D eigenvalue weighted by molar-refractivity contribution is 0.373. The van der Waals surface area contributed by atoms with Crippen LogP contribution in [0.15, 0.2) is 49.1 Å². The Bertz CT molecular complexity index is 760. The molecule has 0 aliphatic rings. The molecule has 3 aromatic rings. The van der Waals surface area contributed by atoms with E-state index in [1.54, 1.807) is 12.5 Å². The largest absolute Gasteiger partial charge is 0.308 e. The SMILES string of the molecule is Cc1ccc(-c2nn(CCN(C)C)cc2-c2ccncn2)cc1. The van der Waals surface area contributed by atoms with Crippen LogP contribution in [0.25, 0.3) is 22.5 Å². The molecule has 0 radical (unpaired) electrons. The normalized spacial score (nSPS) is 11.1. The van der Waals surface area contributed by atoms with Crippen molar-refractivity contribution in [3.63, 3.8) is 0 Å². The van der Waals surface area contributed by atoms with Crippen LogP contribution in [-0.2, 0) is 6.54 Å². The highest BCUT2D eigenvalue weighted by atomic mass is 15.3. The average Bonchev–Trinajstić information content (AvgIpc) is 2.99. The zero-order valence-electron chi connectivity index (χ0n) is 13.8. The van der Waals surface area contributed by atoms with Crippen molar-refractivity contribution in [1.82, 2.24) is 24.6 Å². The Balaban J connectivity index is 2.03. The summed E-state index contributed by atoms with van der Waals surface area (Å²) in [7, 11) is 4.13. The molecule has 23 heavy (non-hydrogen) atoms. The van der Waals surface area contributed by atoms with Gasteiger partial charge in [-0.15, -0.1) is 0 Å². The van der Waals surface area contributed by atoms with Gasteiger partial charge in [0.2, 0.25) is 0 Å². The summed E-state index contributed by atoms with van der Waals surface area (Å²) in [6.45, 7) is 3.87. The summed E-state index contributed by atoms with van der Waals surface area (Å²) < 4.78 is 1.99. The molecule has 118 valence electrons. The molecule has 0 unspecified atom stereocenters. The van der Waals surface area contributed by atoms with Crippen LogP contribution in [0.3, 0.4) is 0 Å². The smallest absolute Gasteiger partial charge is 0.116 e. The van der Waals surface area contributed by atoms with E-state index in [9.17, 15) is 0 Å². The molecule has 0 N–H and O–H groups in total. The lowest BCUT2D eigenvalue weighted by Gasteiger charge is -2.08. The molecule has 0 spiro atoms. The number of aryl methyl sites for hydroxylation is 1. The predicted molar refractivity (Wildman–Crippen MR) is 92.0 cm³/mol. The average molecular weight is 307 g/mol. The maximum absolute atomic E-state index is 4.79. The minimum atomic E-state index is 0.844. The number of benzene rings is 1. The molecule has 0 atom stereocenters. The van der Waals surface area contributed by atoms with Gasteiger partial charge in [0.1, 0.15) is 12.0 Å². The van der Waals surface area contributed by atoms with Crippen molar-refractivity contribution >= 4 is 0 Å². The van der Waals surface area contributed by atoms with Gasteiger partial charge in [0.05, 0.1) is 12.2 Å². The van der Waals surface area contributed by atoms with Crippen LogP contribution in [0.1, 0.15) is 5.56 Å². The van der Waals surface area contributed by atoms with Crippen molar-refractivity contribution in [2.24, 2.45) is 0 Å². The van der Waals surface area contributed by atoms with Gasteiger partial charge in [0, 0.05) is 30.1 Å². The zero-order chi connectivity index (χ0) is 16.2. The lowest BCUT2D eigenvalue weighted by Crippen LogP contribution is -2.18. The van der Waals surface area contributed by atoms with Crippen molar-refractivity contribution in [2.75, 3.05) is 20.6 Å². The molecule has 1 aromatic carbocycles. The summed E-state index contributed by atoms with van der Waals surface area (Å²) >= 11 is 0. The molecule has 2 heterocycles. The fraction of sp³-hybridized carbons (Fsp3) is 0.278. The van der Waals surface area contributed by atoms with Crippen LogP contribution in [-0.4, -0.2) is 45.3 Å². The summed E-state index contributed by atoms with van der Waals surface area (Å²) in [6.07, 6.45) is 5.41. The third kappa shape index (κ3) is 3.63. The molecule has 0 bridgehead atoms. The van der Waals surface area contributed by atoms with Crippen molar-refractivity contribution in [3.05, 3.63) is 54.6 Å². The quantitative estimate of drug-likeness (QED) is 0.727. The van der Waals surface area contributed by atoms with Crippen LogP contribution in [0.2, 0.25) is 0 Å². The highest BCUT2D eigenvalue weighted by Crippen LogP contribution is 2.29. The fourth-order valence-corrected chi connectivity index (χ4v) is 2.40. The van der Waals surface area contributed by atoms with Crippen LogP contribution in [0.4, 0.5) is 0 Å². The van der Waals surface area contributed by atoms with Gasteiger partial charge < -0.3 is 4.90 Å². The lowest BCUT2D eigenvalue weighted by atomic mass is 10.0. The van der Waals surface area contributed by atoms with Crippen molar-refractivity contribution in [3.8, 4) is 22.5 Å². The van der Waals surface area contributed by atoms with Gasteiger partial charge in [-0.3, -0.25) is 4.68 Å². The topological polar surface area (TPSA) is 46.8 Å². The Kier molecular flexibility index (Phi) is 4.48. The highest BCUT2D eigenvalue weighted by molar-refractivity contribution is 5.78. The Hall–Kier alpha value is -2.53. The molecule has 0 saturated heterocycles. The molecule has 2 aromatic heterocycles. The standard InChI is InChI=1S/C18H21N5/c1-14-4-6-15(7-5-14)18-16(17-8-9-19-13-20-17)12-23(21-18)11-10-22(2)3/h4-9,12-13H,10-11H2,1-3H3. The molecule has 3 rings (SSSR count). The summed E-state index contributed by atoms with van der Waals surface area (Å²) in [5.74, 6) is 0. The van der Waals surface area contributed by atoms with Crippen LogP contribution >= 0.6 is 0 Å². The van der Waals surface area contributed by atoms with E-state index in [1.165, 1.54) is 5.56 Å². The van der Waals surface area contributed by atoms with Gasteiger partial charge >= 0.3 is 0 Å². The Morgan fingerprint density at radius 3 is 2.52 bits per heavy atom. The van der Waals surface area contributed by atoms with Gasteiger partial charge in [-0.2, -0.15) is 5.10 Å². The summed E-state index contributed by atoms with van der Waals surface area (Å²) in [5, 5.41) is 4.79. The van der Waals surface area contributed by atoms with Gasteiger partial charge in [0.25, 0.3) is 0 Å². The first-order valence-electron chi connectivity index (χ1n) is 7.69. The maximum atomic E-state index is 4.79. The van der Waals surface area contributed by atoms with Gasteiger partial charge in [-0.05, 0) is 27.1 Å². The number of nitrogens with zero attached hydrogens (tertiary/aromatic N) is 5. The number of likely N-dealkylation sites (N-methyl/N-ethyl adjacent to an activating group) is 1. The zero-order valence-corrected chi connectivity index (χ0v) is 13.8. The first-order valence-corrected chi connectivity index (χ1v) is 7.69. The second-order valence-corrected chi connectivity index (χ2v) is 5.92. The van der Waals surface area contributed by atoms with E-state index in [-0.39, 0.29) is 0 Å². The van der Waals surface area contributed by atoms with E-state index in [0.29, 0.717) is 0 Å². The van der Waals surface area contributed by atoms with Crippen LogP contribution in [0, 0.1) is 6.92 Å². The van der Waals surface area contributed by atoms with Crippen molar-refractivity contribution in [2.45, 2.75) is 13.5 Å². The van der Waals surface area contributed by atoms with E-state index in [0.717, 1.165) is 35.6 Å². The fourth-order valence-electron chi connectivity index (χ4n) is 2.40. The molecule has 0 aliphatic heterocycles. The molecule has 0 saturated carbocycles. The van der Waals surface area contributed by atoms with E-state index in [4.69, 9.17) is 5.10 Å². The van der Waals surface area contributed by atoms with Crippen molar-refractivity contribution in [1.29, 1.82) is 0 Å². The number of aromatic nitrogens is 4. The Labute approximate surface area is 136 Å². The Morgan fingerprint density at radius 1 is 1.09 bits per heavy atom. The predicted octanol–water partition coefficient (Wildman–Crippen LogP) is 2.88. The molecule has 0 fully saturated rings. The number of hydrogen-bond acceptors (Lipinski definition) is 4. The van der Waals surface area contributed by atoms with Crippen molar-refractivity contribution < 1.29 is 0 Å². The first kappa shape index (κ1) is 15.4. The minimum Gasteiger partial charge on any atom is -0.308 e. The van der Waals surface area contributed by atoms with E-state index >= 15 is 0 Å². The summed E-state index contributed by atoms with van der Waals surface area (Å²) in [5.41, 5.74) is 5.24. The first-order chi connectivity index (χ1) is 11.1. The second-order valence-electron chi connectivity index (χ2n) is 5.92. The summed E-state index contributed by atoms with van der Waals surface area (Å²) in [4.78, 5) is 10.5. The molecular formula is C18H21N5. The van der Waals surface area contributed by atoms with Gasteiger partial charge in [-0.25, -0.2) is 9.97 Å². The Morgan fingerprint density at radius 2 is 1.87 bits per heavy atom.